The van der Waals surface area contributed by atoms with E-state index in [1.807, 2.05) is 0 Å². The van der Waals surface area contributed by atoms with E-state index in [1.54, 1.807) is 0 Å². The summed E-state index contributed by atoms with van der Waals surface area (Å²) in [5, 5.41) is 16.7. The Morgan fingerprint density at radius 1 is 0.101 bits per heavy atom. The van der Waals surface area contributed by atoms with Gasteiger partial charge in [0.15, 0.2) is 0 Å². The van der Waals surface area contributed by atoms with Gasteiger partial charge in [-0.15, -0.1) is 0 Å². The summed E-state index contributed by atoms with van der Waals surface area (Å²) in [6.45, 7) is 21.3. The van der Waals surface area contributed by atoms with Crippen LogP contribution in [-0.2, 0) is 39.3 Å². The van der Waals surface area contributed by atoms with E-state index >= 15 is 0 Å². The van der Waals surface area contributed by atoms with Crippen LogP contribution in [0.4, 0.5) is 0 Å². The number of para-hydroxylation sites is 12. The summed E-state index contributed by atoms with van der Waals surface area (Å²) in [5.41, 5.74) is 16.6. The lowest BCUT2D eigenvalue weighted by atomic mass is 10.1. The van der Waals surface area contributed by atoms with Gasteiger partial charge < -0.3 is 47.0 Å². The first-order chi connectivity index (χ1) is 69.1. The molecule has 139 heavy (non-hydrogen) atoms. The molecule has 0 aliphatic carbocycles. The predicted octanol–water partition coefficient (Wildman–Crippen LogP) is 34.3. The molecule has 0 aliphatic heterocycles. The highest BCUT2D eigenvalue weighted by Gasteiger charge is 2.20. The third kappa shape index (κ3) is 26.0. The van der Waals surface area contributed by atoms with Crippen molar-refractivity contribution in [2.45, 2.75) is 290 Å². The van der Waals surface area contributed by atoms with E-state index in [0.29, 0.717) is 0 Å². The number of aryl methyl sites for hydroxylation is 6. The summed E-state index contributed by atoms with van der Waals surface area (Å²) < 4.78 is 15.6. The van der Waals surface area contributed by atoms with E-state index in [9.17, 15) is 0 Å². The van der Waals surface area contributed by atoms with E-state index < -0.39 is 0 Å². The van der Waals surface area contributed by atoms with Crippen LogP contribution >= 0.6 is 0 Å². The highest BCUT2D eigenvalue weighted by molar-refractivity contribution is 6.12. The molecule has 6 heterocycles. The Morgan fingerprint density at radius 2 is 0.194 bits per heavy atom. The van der Waals surface area contributed by atoms with Crippen molar-refractivity contribution in [2.75, 3.05) is 78.5 Å². The van der Waals surface area contributed by atoms with Gasteiger partial charge in [-0.05, 0) is 248 Å². The van der Waals surface area contributed by atoms with E-state index in [4.69, 9.17) is 0 Å². The zero-order valence-corrected chi connectivity index (χ0v) is 84.5. The number of nitrogens with zero attached hydrogens (tertiary/aromatic N) is 10. The molecule has 0 atom stereocenters. The Labute approximate surface area is 831 Å². The van der Waals surface area contributed by atoms with E-state index in [2.05, 4.69) is 338 Å². The highest BCUT2D eigenvalue weighted by atomic mass is 15.2. The molecular weight excluding hydrogens is 1690 g/mol. The molecule has 0 aliphatic rings. The van der Waals surface area contributed by atoms with Crippen molar-refractivity contribution in [1.82, 2.24) is 47.0 Å². The fraction of sp³-hybridized carbons (Fsp3) is 0.442. The first-order valence-electron chi connectivity index (χ1n) is 55.8. The molecule has 10 nitrogen and oxygen atoms in total. The average molecular weight is 1850 g/mol. The van der Waals surface area contributed by atoms with Crippen molar-refractivity contribution in [1.29, 1.82) is 0 Å². The summed E-state index contributed by atoms with van der Waals surface area (Å²) >= 11 is 0. The van der Waals surface area contributed by atoms with Gasteiger partial charge >= 0.3 is 0 Å². The highest BCUT2D eigenvalue weighted by Crippen LogP contribution is 2.37. The second-order valence-corrected chi connectivity index (χ2v) is 41.3. The van der Waals surface area contributed by atoms with Crippen molar-refractivity contribution in [3.8, 4) is 0 Å². The normalized spacial score (nSPS) is 12.3. The molecule has 6 aromatic heterocycles. The maximum atomic E-state index is 2.99. The fourth-order valence-electron chi connectivity index (χ4n) is 24.2. The second-order valence-electron chi connectivity index (χ2n) is 41.3. The lowest BCUT2D eigenvalue weighted by Gasteiger charge is -2.29. The Bertz CT molecular complexity index is 5410. The Morgan fingerprint density at radius 3 is 0.317 bits per heavy atom. The topological polar surface area (TPSA) is 42.5 Å². The van der Waals surface area contributed by atoms with Gasteiger partial charge in [0, 0.05) is 170 Å². The molecule has 0 radical (unpaired) electrons. The lowest BCUT2D eigenvalue weighted by Crippen LogP contribution is -2.36. The zero-order valence-electron chi connectivity index (χ0n) is 84.5. The van der Waals surface area contributed by atoms with Gasteiger partial charge in [-0.1, -0.05) is 372 Å². The van der Waals surface area contributed by atoms with Crippen molar-refractivity contribution >= 4 is 131 Å². The summed E-state index contributed by atoms with van der Waals surface area (Å²) in [6.07, 6.45) is 50.9. The molecule has 0 spiro atoms. The molecule has 10 heteroatoms. The van der Waals surface area contributed by atoms with Crippen LogP contribution < -0.4 is 0 Å². The van der Waals surface area contributed by atoms with Crippen LogP contribution in [-0.4, -0.2) is 126 Å². The minimum Gasteiger partial charge on any atom is -0.340 e. The third-order valence-electron chi connectivity index (χ3n) is 31.6. The largest absolute Gasteiger partial charge is 0.340 e. The number of fused-ring (bicyclic) bond motifs is 18. The van der Waals surface area contributed by atoms with Crippen molar-refractivity contribution in [3.63, 3.8) is 0 Å². The van der Waals surface area contributed by atoms with Gasteiger partial charge in [0.05, 0.1) is 0 Å². The van der Waals surface area contributed by atoms with E-state index in [1.165, 1.54) is 460 Å². The monoisotopic (exact) mass is 1850 g/mol. The summed E-state index contributed by atoms with van der Waals surface area (Å²) in [6, 6.07) is 109. The minimum absolute atomic E-state index is 1.10. The lowest BCUT2D eigenvalue weighted by molar-refractivity contribution is 0.189. The predicted molar refractivity (Wildman–Crippen MR) is 602 cm³/mol. The van der Waals surface area contributed by atoms with Crippen LogP contribution in [0.5, 0.6) is 0 Å². The van der Waals surface area contributed by atoms with Gasteiger partial charge in [0.2, 0.25) is 0 Å². The number of hydrogen-bond acceptors (Lipinski definition) is 4. The van der Waals surface area contributed by atoms with Gasteiger partial charge in [-0.3, -0.25) is 0 Å². The van der Waals surface area contributed by atoms with Crippen molar-refractivity contribution in [3.05, 3.63) is 291 Å². The Balaban J connectivity index is 0.516. The number of unbranched alkanes of at least 4 members (excludes halogenated alkanes) is 30. The first kappa shape index (κ1) is 98.5. The third-order valence-corrected chi connectivity index (χ3v) is 31.6. The fourth-order valence-corrected chi connectivity index (χ4v) is 24.2. The van der Waals surface area contributed by atoms with Gasteiger partial charge in [0.25, 0.3) is 0 Å². The van der Waals surface area contributed by atoms with Gasteiger partial charge in [-0.2, -0.15) is 0 Å². The minimum atomic E-state index is 1.10. The quantitative estimate of drug-likeness (QED) is 0.0356. The SMILES string of the molecule is c1ccc2c(c1)c1ccccc1n2CCCCCCCCN(CCCCCCCCn1c2ccccc2c2ccccc21)CCCN(CCCN(CCCCCCCCn1c2ccccc2c2ccccc21)CCCCCCCCn1c2ccccc2c2ccccc21)CCCN(CCCCCCCCn1c2ccccc2c2ccccc21)CCCCCCCCn1c2ccccc2c2ccccc21. The molecule has 18 aromatic rings. The molecule has 12 aromatic carbocycles. The number of aromatic nitrogens is 6. The number of hydrogen-bond donors (Lipinski definition) is 0. The zero-order chi connectivity index (χ0) is 93.9. The van der Waals surface area contributed by atoms with Crippen LogP contribution in [0.1, 0.15) is 250 Å². The maximum Gasteiger partial charge on any atom is 0.0491 e. The molecule has 0 bridgehead atoms. The van der Waals surface area contributed by atoms with Crippen LogP contribution in [0.25, 0.3) is 131 Å². The molecular formula is C129H162N10. The molecule has 18 rings (SSSR count). The summed E-state index contributed by atoms with van der Waals surface area (Å²) in [7, 11) is 0. The Hall–Kier alpha value is -10.7. The average Bonchev–Trinajstić information content (AvgIpc) is 1.65. The number of benzene rings is 12. The number of rotatable bonds is 66. The summed E-state index contributed by atoms with van der Waals surface area (Å²) in [4.78, 5) is 11.8. The Kier molecular flexibility index (Phi) is 37.3. The van der Waals surface area contributed by atoms with E-state index in [-0.39, 0.29) is 0 Å². The summed E-state index contributed by atoms with van der Waals surface area (Å²) in [5.74, 6) is 0. The van der Waals surface area contributed by atoms with Crippen molar-refractivity contribution in [2.24, 2.45) is 0 Å². The van der Waals surface area contributed by atoms with Gasteiger partial charge in [-0.25, -0.2) is 0 Å². The molecule has 0 saturated heterocycles. The van der Waals surface area contributed by atoms with Crippen LogP contribution in [0.3, 0.4) is 0 Å². The molecule has 728 valence electrons. The molecule has 0 unspecified atom stereocenters. The van der Waals surface area contributed by atoms with Crippen molar-refractivity contribution < 1.29 is 0 Å². The van der Waals surface area contributed by atoms with Crippen LogP contribution in [0.2, 0.25) is 0 Å². The molecule has 0 fully saturated rings. The van der Waals surface area contributed by atoms with Crippen LogP contribution in [0.15, 0.2) is 291 Å². The second kappa shape index (κ2) is 52.7. The molecule has 0 N–H and O–H groups in total. The molecule has 0 amide bonds. The van der Waals surface area contributed by atoms with Gasteiger partial charge in [0.1, 0.15) is 0 Å². The standard InChI is InChI=1S/C129H162N10/c1(7-19-55-100-134-118-76-37-25-64-106(118)107-65-26-38-77-119(107)134)13-49-88-130(89-50-14-2-8-20-56-101-135-120-78-39-27-66-108(120)109-67-28-40-79-121(109)135)94-61-97-133(98-62-95-131(90-51-15-3-9-21-57-102-136-122-80-41-29-68-110(122)111-69-30-42-81-123(111)136)91-52-16-4-10-22-58-103-137-124-82-43-31-70-112(124)113-71-32-44-83-125(113)137)99-63-96-132(92-53-17-5-11-23-59-104-138-126-84-45-33-72-114(126)115-73-34-46-85-127(115)138)93-54-18-6-12-24-60-105-139-128-86-47-35-74-116(128)117-75-36-48-87-129(117)139/h25-48,64-87H,1-24,49-63,88-105H2. The van der Waals surface area contributed by atoms with E-state index in [0.717, 1.165) is 39.3 Å². The smallest absolute Gasteiger partial charge is 0.0491 e. The maximum absolute atomic E-state index is 2.99. The first-order valence-corrected chi connectivity index (χ1v) is 55.8. The van der Waals surface area contributed by atoms with Crippen LogP contribution in [0, 0.1) is 0 Å². The molecule has 0 saturated carbocycles.